The van der Waals surface area contributed by atoms with E-state index in [-0.39, 0.29) is 17.1 Å². The summed E-state index contributed by atoms with van der Waals surface area (Å²) in [5, 5.41) is 20.0. The molecule has 3 N–H and O–H groups in total. The highest BCUT2D eigenvalue weighted by Crippen LogP contribution is 2.12. The molecule has 112 valence electrons. The SMILES string of the molecule is N#CCCCNC(=O)c1n[nH]cc1NC(=O)c1ccccn1. The number of nitriles is 1. The Balaban J connectivity index is 1.99. The number of hydrogen-bond donors (Lipinski definition) is 3. The molecule has 2 aromatic heterocycles. The lowest BCUT2D eigenvalue weighted by Crippen LogP contribution is -2.26. The topological polar surface area (TPSA) is 124 Å². The van der Waals surface area contributed by atoms with E-state index in [1.165, 1.54) is 12.4 Å². The molecule has 0 saturated heterocycles. The Morgan fingerprint density at radius 1 is 1.32 bits per heavy atom. The number of carbonyl (C=O) groups is 2. The summed E-state index contributed by atoms with van der Waals surface area (Å²) in [4.78, 5) is 27.9. The highest BCUT2D eigenvalue weighted by molar-refractivity contribution is 6.07. The smallest absolute Gasteiger partial charge is 0.274 e. The molecule has 22 heavy (non-hydrogen) atoms. The summed E-state index contributed by atoms with van der Waals surface area (Å²) in [5.41, 5.74) is 0.596. The molecule has 0 radical (unpaired) electrons. The number of unbranched alkanes of at least 4 members (excludes halogenated alkanes) is 1. The van der Waals surface area contributed by atoms with Gasteiger partial charge >= 0.3 is 0 Å². The van der Waals surface area contributed by atoms with Gasteiger partial charge in [-0.15, -0.1) is 0 Å². The molecule has 0 aliphatic rings. The van der Waals surface area contributed by atoms with Gasteiger partial charge < -0.3 is 10.6 Å². The maximum absolute atomic E-state index is 12.0. The van der Waals surface area contributed by atoms with Crippen LogP contribution in [0.3, 0.4) is 0 Å². The second-order valence-corrected chi connectivity index (χ2v) is 4.33. The zero-order valence-electron chi connectivity index (χ0n) is 11.7. The number of nitrogens with zero attached hydrogens (tertiary/aromatic N) is 3. The van der Waals surface area contributed by atoms with Crippen LogP contribution in [0.25, 0.3) is 0 Å². The zero-order valence-corrected chi connectivity index (χ0v) is 11.7. The molecule has 2 rings (SSSR count). The number of carbonyl (C=O) groups excluding carboxylic acids is 2. The number of aromatic amines is 1. The van der Waals surface area contributed by atoms with Crippen LogP contribution in [0.15, 0.2) is 30.6 Å². The van der Waals surface area contributed by atoms with Crippen molar-refractivity contribution in [2.45, 2.75) is 12.8 Å². The largest absolute Gasteiger partial charge is 0.351 e. The Hall–Kier alpha value is -3.21. The van der Waals surface area contributed by atoms with Gasteiger partial charge in [0.05, 0.1) is 11.8 Å². The van der Waals surface area contributed by atoms with Crippen LogP contribution in [-0.2, 0) is 0 Å². The van der Waals surface area contributed by atoms with Crippen LogP contribution in [0.4, 0.5) is 5.69 Å². The van der Waals surface area contributed by atoms with E-state index in [1.807, 2.05) is 6.07 Å². The Labute approximate surface area is 126 Å². The second-order valence-electron chi connectivity index (χ2n) is 4.33. The third kappa shape index (κ3) is 3.89. The number of rotatable bonds is 6. The van der Waals surface area contributed by atoms with Crippen LogP contribution < -0.4 is 10.6 Å². The Kier molecular flexibility index (Phi) is 5.20. The summed E-state index contributed by atoms with van der Waals surface area (Å²) >= 11 is 0. The van der Waals surface area contributed by atoms with Gasteiger partial charge in [0.25, 0.3) is 11.8 Å². The molecule has 0 aliphatic carbocycles. The first-order chi connectivity index (χ1) is 10.7. The molecule has 0 saturated carbocycles. The zero-order chi connectivity index (χ0) is 15.8. The summed E-state index contributed by atoms with van der Waals surface area (Å²) in [7, 11) is 0. The average Bonchev–Trinajstić information content (AvgIpc) is 3.00. The highest BCUT2D eigenvalue weighted by atomic mass is 16.2. The van der Waals surface area contributed by atoms with Crippen LogP contribution in [0.2, 0.25) is 0 Å². The first kappa shape index (κ1) is 15.2. The molecule has 0 spiro atoms. The van der Waals surface area contributed by atoms with E-state index < -0.39 is 11.8 Å². The standard InChI is InChI=1S/C14H14N6O2/c15-6-2-4-8-17-14(22)12-11(9-18-20-12)19-13(21)10-5-1-3-7-16-10/h1,3,5,7,9H,2,4,8H2,(H,17,22)(H,18,20)(H,19,21). The lowest BCUT2D eigenvalue weighted by atomic mass is 10.3. The van der Waals surface area contributed by atoms with E-state index in [2.05, 4.69) is 25.8 Å². The minimum absolute atomic E-state index is 0.0845. The van der Waals surface area contributed by atoms with Crippen LogP contribution in [0.1, 0.15) is 33.8 Å². The molecule has 2 heterocycles. The van der Waals surface area contributed by atoms with E-state index in [0.29, 0.717) is 19.4 Å². The van der Waals surface area contributed by atoms with Gasteiger partial charge in [-0.1, -0.05) is 6.07 Å². The number of anilines is 1. The molecule has 0 aromatic carbocycles. The molecule has 2 aromatic rings. The molecule has 0 fully saturated rings. The number of hydrogen-bond acceptors (Lipinski definition) is 5. The fourth-order valence-electron chi connectivity index (χ4n) is 1.69. The van der Waals surface area contributed by atoms with Crippen molar-refractivity contribution in [1.82, 2.24) is 20.5 Å². The summed E-state index contributed by atoms with van der Waals surface area (Å²) < 4.78 is 0. The molecular weight excluding hydrogens is 284 g/mol. The Bertz CT molecular complexity index is 689. The predicted molar refractivity (Wildman–Crippen MR) is 78.0 cm³/mol. The van der Waals surface area contributed by atoms with Crippen LogP contribution in [0.5, 0.6) is 0 Å². The average molecular weight is 298 g/mol. The van der Waals surface area contributed by atoms with E-state index in [1.54, 1.807) is 18.2 Å². The summed E-state index contributed by atoms with van der Waals surface area (Å²) in [6.07, 6.45) is 3.85. The van der Waals surface area contributed by atoms with Crippen LogP contribution in [-0.4, -0.2) is 33.5 Å². The monoisotopic (exact) mass is 298 g/mol. The molecule has 8 heteroatoms. The Morgan fingerprint density at radius 2 is 2.18 bits per heavy atom. The lowest BCUT2D eigenvalue weighted by Gasteiger charge is -2.05. The van der Waals surface area contributed by atoms with E-state index in [0.717, 1.165) is 0 Å². The van der Waals surface area contributed by atoms with Crippen molar-refractivity contribution in [2.24, 2.45) is 0 Å². The highest BCUT2D eigenvalue weighted by Gasteiger charge is 2.17. The number of aromatic nitrogens is 3. The fraction of sp³-hybridized carbons (Fsp3) is 0.214. The number of H-pyrrole nitrogens is 1. The minimum Gasteiger partial charge on any atom is -0.351 e. The molecular formula is C14H14N6O2. The maximum Gasteiger partial charge on any atom is 0.274 e. The van der Waals surface area contributed by atoms with Crippen molar-refractivity contribution in [3.05, 3.63) is 42.0 Å². The van der Waals surface area contributed by atoms with Gasteiger partial charge in [0.15, 0.2) is 5.69 Å². The van der Waals surface area contributed by atoms with Crippen molar-refractivity contribution in [3.8, 4) is 6.07 Å². The first-order valence-electron chi connectivity index (χ1n) is 6.63. The fourth-order valence-corrected chi connectivity index (χ4v) is 1.69. The summed E-state index contributed by atoms with van der Waals surface area (Å²) in [5.74, 6) is -0.851. The van der Waals surface area contributed by atoms with Gasteiger partial charge in [-0.25, -0.2) is 0 Å². The minimum atomic E-state index is -0.430. The van der Waals surface area contributed by atoms with E-state index >= 15 is 0 Å². The van der Waals surface area contributed by atoms with Gasteiger partial charge in [-0.2, -0.15) is 10.4 Å². The van der Waals surface area contributed by atoms with Crippen molar-refractivity contribution >= 4 is 17.5 Å². The van der Waals surface area contributed by atoms with Crippen LogP contribution in [0, 0.1) is 11.3 Å². The molecule has 0 unspecified atom stereocenters. The summed E-state index contributed by atoms with van der Waals surface area (Å²) in [6, 6.07) is 6.96. The maximum atomic E-state index is 12.0. The van der Waals surface area contributed by atoms with Crippen molar-refractivity contribution < 1.29 is 9.59 Å². The van der Waals surface area contributed by atoms with E-state index in [9.17, 15) is 9.59 Å². The number of amides is 2. The van der Waals surface area contributed by atoms with Gasteiger partial charge in [-0.05, 0) is 18.6 Å². The number of pyridine rings is 1. The lowest BCUT2D eigenvalue weighted by molar-refractivity contribution is 0.0949. The number of nitrogens with one attached hydrogen (secondary N) is 3. The predicted octanol–water partition coefficient (Wildman–Crippen LogP) is 1.09. The van der Waals surface area contributed by atoms with Crippen LogP contribution >= 0.6 is 0 Å². The molecule has 0 bridgehead atoms. The van der Waals surface area contributed by atoms with Crippen molar-refractivity contribution in [1.29, 1.82) is 5.26 Å². The van der Waals surface area contributed by atoms with Gasteiger partial charge in [0.1, 0.15) is 5.69 Å². The molecule has 2 amide bonds. The molecule has 0 aliphatic heterocycles. The molecule has 0 atom stereocenters. The van der Waals surface area contributed by atoms with Gasteiger partial charge in [0.2, 0.25) is 0 Å². The Morgan fingerprint density at radius 3 is 2.91 bits per heavy atom. The first-order valence-corrected chi connectivity index (χ1v) is 6.63. The summed E-state index contributed by atoms with van der Waals surface area (Å²) in [6.45, 7) is 0.368. The quantitative estimate of drug-likeness (QED) is 0.689. The third-order valence-electron chi connectivity index (χ3n) is 2.75. The van der Waals surface area contributed by atoms with Gasteiger partial charge in [-0.3, -0.25) is 19.7 Å². The van der Waals surface area contributed by atoms with Gasteiger partial charge in [0, 0.05) is 25.4 Å². The van der Waals surface area contributed by atoms with E-state index in [4.69, 9.17) is 5.26 Å². The second kappa shape index (κ2) is 7.54. The molecule has 8 nitrogen and oxygen atoms in total. The van der Waals surface area contributed by atoms with Crippen molar-refractivity contribution in [3.63, 3.8) is 0 Å². The third-order valence-corrected chi connectivity index (χ3v) is 2.75. The normalized spacial score (nSPS) is 9.77. The van der Waals surface area contributed by atoms with Crippen molar-refractivity contribution in [2.75, 3.05) is 11.9 Å².